The number of hydrogen-bond acceptors (Lipinski definition) is 4. The van der Waals surface area contributed by atoms with Crippen molar-refractivity contribution in [2.75, 3.05) is 13.1 Å². The molecule has 5 nitrogen and oxygen atoms in total. The zero-order chi connectivity index (χ0) is 27.2. The van der Waals surface area contributed by atoms with Gasteiger partial charge in [0.05, 0.1) is 17.0 Å². The zero-order valence-electron chi connectivity index (χ0n) is 23.0. The van der Waals surface area contributed by atoms with E-state index in [1.807, 2.05) is 4.90 Å². The molecule has 3 saturated carbocycles. The molecule has 8 heteroatoms. The molecule has 2 aliphatic heterocycles. The summed E-state index contributed by atoms with van der Waals surface area (Å²) < 4.78 is 40.0. The first-order chi connectivity index (χ1) is 18.8. The number of carbonyl (C=O) groups excluding carboxylic acids is 2. The number of amides is 1. The van der Waals surface area contributed by atoms with E-state index >= 15 is 0 Å². The molecule has 0 aromatic carbocycles. The Kier molecular flexibility index (Phi) is 7.53. The average molecular weight is 546 g/mol. The van der Waals surface area contributed by atoms with E-state index in [1.54, 1.807) is 0 Å². The summed E-state index contributed by atoms with van der Waals surface area (Å²) in [6, 6.07) is 1.42. The number of hydrogen-bond donors (Lipinski definition) is 0. The second-order valence-electron chi connectivity index (χ2n) is 13.0. The van der Waals surface area contributed by atoms with Crippen LogP contribution in [0.25, 0.3) is 0 Å². The lowest BCUT2D eigenvalue weighted by Gasteiger charge is -2.41. The van der Waals surface area contributed by atoms with Gasteiger partial charge in [0, 0.05) is 43.4 Å². The van der Waals surface area contributed by atoms with Crippen molar-refractivity contribution in [3.8, 4) is 0 Å². The van der Waals surface area contributed by atoms with Crippen molar-refractivity contribution in [2.24, 2.45) is 17.3 Å². The van der Waals surface area contributed by atoms with Crippen LogP contribution in [0.4, 0.5) is 13.2 Å². The second kappa shape index (κ2) is 10.8. The number of piperidine rings is 1. The minimum Gasteiger partial charge on any atom is -0.337 e. The van der Waals surface area contributed by atoms with E-state index < -0.39 is 17.2 Å². The van der Waals surface area contributed by atoms with Gasteiger partial charge < -0.3 is 4.90 Å². The van der Waals surface area contributed by atoms with Gasteiger partial charge in [-0.05, 0) is 75.5 Å². The third kappa shape index (κ3) is 5.15. The highest BCUT2D eigenvalue weighted by Gasteiger charge is 2.58. The standard InChI is InChI=1S/C31H42F3N3O2/c32-31(33,34)24-16-22-20-36(15-12-26(22)35-19-24)29(39)30-13-7-10-23(30)17-25(18-30)37-14-6-5-11-27(37)28(38)21-8-3-1-2-4-9-21/h16,19,21,23,25,27H,1-15,17-18,20H2. The van der Waals surface area contributed by atoms with Gasteiger partial charge in [0.1, 0.15) is 0 Å². The SMILES string of the molecule is O=C(C1CCCCCC1)C1CCCCN1C1CC2CCCC2(C(=O)N2CCc3ncc(C(F)(F)F)cc3C2)C1. The number of likely N-dealkylation sites (tertiary alicyclic amines) is 1. The number of halogens is 3. The molecule has 3 heterocycles. The molecule has 5 aliphatic rings. The minimum atomic E-state index is -4.44. The number of rotatable bonds is 4. The Bertz CT molecular complexity index is 1080. The van der Waals surface area contributed by atoms with Crippen LogP contribution in [0, 0.1) is 17.3 Å². The van der Waals surface area contributed by atoms with E-state index in [2.05, 4.69) is 9.88 Å². The normalized spacial score (nSPS) is 32.5. The summed E-state index contributed by atoms with van der Waals surface area (Å²) in [6.07, 6.45) is 11.6. The maximum absolute atomic E-state index is 14.2. The molecular formula is C31H42F3N3O2. The molecule has 3 aliphatic carbocycles. The maximum Gasteiger partial charge on any atom is 0.417 e. The number of alkyl halides is 3. The fraction of sp³-hybridized carbons (Fsp3) is 0.774. The van der Waals surface area contributed by atoms with E-state index in [0.717, 1.165) is 89.8 Å². The molecular weight excluding hydrogens is 503 g/mol. The van der Waals surface area contributed by atoms with Crippen LogP contribution in [0.3, 0.4) is 0 Å². The van der Waals surface area contributed by atoms with Gasteiger partial charge in [-0.1, -0.05) is 38.5 Å². The lowest BCUT2D eigenvalue weighted by Crippen LogP contribution is -2.52. The Balaban J connectivity index is 1.19. The van der Waals surface area contributed by atoms with Crippen LogP contribution in [-0.4, -0.2) is 51.6 Å². The number of pyridine rings is 1. The lowest BCUT2D eigenvalue weighted by molar-refractivity contribution is -0.144. The maximum atomic E-state index is 14.2. The molecule has 0 radical (unpaired) electrons. The van der Waals surface area contributed by atoms with Crippen LogP contribution >= 0.6 is 0 Å². The summed E-state index contributed by atoms with van der Waals surface area (Å²) >= 11 is 0. The Morgan fingerprint density at radius 3 is 2.49 bits per heavy atom. The highest BCUT2D eigenvalue weighted by molar-refractivity contribution is 5.87. The Morgan fingerprint density at radius 2 is 1.72 bits per heavy atom. The summed E-state index contributed by atoms with van der Waals surface area (Å²) in [5.74, 6) is 1.07. The first-order valence-electron chi connectivity index (χ1n) is 15.4. The predicted molar refractivity (Wildman–Crippen MR) is 142 cm³/mol. The van der Waals surface area contributed by atoms with Crippen LogP contribution in [0.1, 0.15) is 107 Å². The van der Waals surface area contributed by atoms with E-state index in [4.69, 9.17) is 0 Å². The number of nitrogens with zero attached hydrogens (tertiary/aromatic N) is 3. The third-order valence-corrected chi connectivity index (χ3v) is 10.8. The van der Waals surface area contributed by atoms with E-state index in [0.29, 0.717) is 35.9 Å². The van der Waals surface area contributed by atoms with Gasteiger partial charge in [0.15, 0.2) is 5.78 Å². The fourth-order valence-electron chi connectivity index (χ4n) is 8.81. The first-order valence-corrected chi connectivity index (χ1v) is 15.4. The van der Waals surface area contributed by atoms with Crippen molar-refractivity contribution in [1.29, 1.82) is 0 Å². The van der Waals surface area contributed by atoms with Gasteiger partial charge in [-0.3, -0.25) is 19.5 Å². The minimum absolute atomic E-state index is 0.00782. The van der Waals surface area contributed by atoms with Gasteiger partial charge >= 0.3 is 6.18 Å². The Hall–Kier alpha value is -1.96. The summed E-state index contributed by atoms with van der Waals surface area (Å²) in [5.41, 5.74) is 0.00723. The first kappa shape index (κ1) is 27.2. The molecule has 1 aromatic rings. The molecule has 1 saturated heterocycles. The number of Topliss-reactive ketones (excluding diaryl/α,β-unsaturated/α-hetero) is 1. The van der Waals surface area contributed by atoms with Gasteiger partial charge in [-0.25, -0.2) is 0 Å². The van der Waals surface area contributed by atoms with Crippen LogP contribution in [0.15, 0.2) is 12.3 Å². The molecule has 39 heavy (non-hydrogen) atoms. The number of fused-ring (bicyclic) bond motifs is 2. The van der Waals surface area contributed by atoms with Crippen molar-refractivity contribution in [3.05, 3.63) is 29.1 Å². The monoisotopic (exact) mass is 545 g/mol. The molecule has 1 aromatic heterocycles. The second-order valence-corrected chi connectivity index (χ2v) is 13.0. The van der Waals surface area contributed by atoms with Crippen molar-refractivity contribution in [1.82, 2.24) is 14.8 Å². The van der Waals surface area contributed by atoms with Crippen LogP contribution in [-0.2, 0) is 28.7 Å². The largest absolute Gasteiger partial charge is 0.417 e. The highest BCUT2D eigenvalue weighted by Crippen LogP contribution is 2.57. The van der Waals surface area contributed by atoms with Gasteiger partial charge in [-0.15, -0.1) is 0 Å². The summed E-state index contributed by atoms with van der Waals surface area (Å²) in [5, 5.41) is 0. The third-order valence-electron chi connectivity index (χ3n) is 10.8. The van der Waals surface area contributed by atoms with Gasteiger partial charge in [0.25, 0.3) is 0 Å². The molecule has 4 fully saturated rings. The Labute approximate surface area is 229 Å². The zero-order valence-corrected chi connectivity index (χ0v) is 23.0. The van der Waals surface area contributed by atoms with Crippen LogP contribution < -0.4 is 0 Å². The molecule has 0 bridgehead atoms. The summed E-state index contributed by atoms with van der Waals surface area (Å²) in [7, 11) is 0. The molecule has 6 rings (SSSR count). The molecule has 4 atom stereocenters. The highest BCUT2D eigenvalue weighted by atomic mass is 19.4. The average Bonchev–Trinajstić information content (AvgIpc) is 3.38. The molecule has 0 N–H and O–H groups in total. The van der Waals surface area contributed by atoms with Crippen molar-refractivity contribution in [3.63, 3.8) is 0 Å². The van der Waals surface area contributed by atoms with Gasteiger partial charge in [0.2, 0.25) is 5.91 Å². The smallest absolute Gasteiger partial charge is 0.337 e. The Morgan fingerprint density at radius 1 is 0.949 bits per heavy atom. The topological polar surface area (TPSA) is 53.5 Å². The number of aromatic nitrogens is 1. The van der Waals surface area contributed by atoms with Crippen molar-refractivity contribution >= 4 is 11.7 Å². The molecule has 214 valence electrons. The fourth-order valence-corrected chi connectivity index (χ4v) is 8.81. The lowest BCUT2D eigenvalue weighted by atomic mass is 9.78. The summed E-state index contributed by atoms with van der Waals surface area (Å²) in [4.78, 5) is 36.4. The molecule has 4 unspecified atom stereocenters. The van der Waals surface area contributed by atoms with Crippen molar-refractivity contribution in [2.45, 2.75) is 121 Å². The molecule has 0 spiro atoms. The molecule has 1 amide bonds. The van der Waals surface area contributed by atoms with E-state index in [-0.39, 0.29) is 30.5 Å². The summed E-state index contributed by atoms with van der Waals surface area (Å²) in [6.45, 7) is 1.65. The van der Waals surface area contributed by atoms with Crippen LogP contribution in [0.5, 0.6) is 0 Å². The quantitative estimate of drug-likeness (QED) is 0.415. The number of carbonyl (C=O) groups is 2. The van der Waals surface area contributed by atoms with Crippen LogP contribution in [0.2, 0.25) is 0 Å². The number of ketones is 1. The van der Waals surface area contributed by atoms with Gasteiger partial charge in [-0.2, -0.15) is 13.2 Å². The van der Waals surface area contributed by atoms with E-state index in [1.165, 1.54) is 18.9 Å². The predicted octanol–water partition coefficient (Wildman–Crippen LogP) is 6.33. The van der Waals surface area contributed by atoms with E-state index in [9.17, 15) is 22.8 Å². The van der Waals surface area contributed by atoms with Crippen molar-refractivity contribution < 1.29 is 22.8 Å².